The van der Waals surface area contributed by atoms with E-state index in [9.17, 15) is 0 Å². The minimum absolute atomic E-state index is 0.127. The molecule has 3 nitrogen and oxygen atoms in total. The molecule has 1 N–H and O–H groups in total. The topological polar surface area (TPSA) is 30.5 Å². The maximum absolute atomic E-state index is 5.88. The fraction of sp³-hybridized carbons (Fsp3) is 0.294. The van der Waals surface area contributed by atoms with Gasteiger partial charge in [-0.15, -0.1) is 0 Å². The third kappa shape index (κ3) is 2.78. The number of methoxy groups -OCH3 is 1. The number of hydrogen-bond acceptors (Lipinski definition) is 3. The lowest BCUT2D eigenvalue weighted by Gasteiger charge is -2.26. The van der Waals surface area contributed by atoms with Gasteiger partial charge in [0.05, 0.1) is 19.8 Å². The Hall–Kier alpha value is -2.00. The van der Waals surface area contributed by atoms with Gasteiger partial charge in [0, 0.05) is 12.2 Å². The summed E-state index contributed by atoms with van der Waals surface area (Å²) in [6.07, 6.45) is 1.14. The molecule has 0 aromatic heterocycles. The first-order valence-electron chi connectivity index (χ1n) is 6.94. The maximum atomic E-state index is 5.88. The summed E-state index contributed by atoms with van der Waals surface area (Å²) in [6.45, 7) is 1.58. The van der Waals surface area contributed by atoms with Crippen molar-refractivity contribution in [2.45, 2.75) is 12.5 Å². The van der Waals surface area contributed by atoms with Gasteiger partial charge in [0.25, 0.3) is 0 Å². The number of rotatable bonds is 4. The molecule has 0 fully saturated rings. The Morgan fingerprint density at radius 3 is 2.75 bits per heavy atom. The number of ether oxygens (including phenoxy) is 2. The first-order valence-corrected chi connectivity index (χ1v) is 6.94. The molecular formula is C17H19NO2. The predicted molar refractivity (Wildman–Crippen MR) is 80.3 cm³/mol. The summed E-state index contributed by atoms with van der Waals surface area (Å²) < 4.78 is 11.0. The van der Waals surface area contributed by atoms with E-state index >= 15 is 0 Å². The van der Waals surface area contributed by atoms with Crippen LogP contribution in [-0.2, 0) is 11.2 Å². The Balaban J connectivity index is 1.66. The molecule has 1 unspecified atom stereocenters. The zero-order valence-corrected chi connectivity index (χ0v) is 11.6. The minimum atomic E-state index is 0.127. The van der Waals surface area contributed by atoms with Crippen LogP contribution in [-0.4, -0.2) is 20.3 Å². The maximum Gasteiger partial charge on any atom is 0.119 e. The van der Waals surface area contributed by atoms with Crippen molar-refractivity contribution < 1.29 is 9.47 Å². The second-order valence-electron chi connectivity index (χ2n) is 4.92. The molecule has 3 rings (SSSR count). The van der Waals surface area contributed by atoms with Gasteiger partial charge in [-0.2, -0.15) is 0 Å². The van der Waals surface area contributed by atoms with Gasteiger partial charge < -0.3 is 14.8 Å². The number of benzene rings is 2. The Kier molecular flexibility index (Phi) is 3.88. The lowest BCUT2D eigenvalue weighted by Crippen LogP contribution is -2.22. The zero-order chi connectivity index (χ0) is 13.8. The molecule has 104 valence electrons. The average Bonchev–Trinajstić information content (AvgIpc) is 2.53. The van der Waals surface area contributed by atoms with Crippen molar-refractivity contribution in [2.24, 2.45) is 0 Å². The molecular weight excluding hydrogens is 250 g/mol. The second kappa shape index (κ2) is 5.97. The molecule has 0 amide bonds. The molecule has 2 aromatic rings. The van der Waals surface area contributed by atoms with Gasteiger partial charge in [0.2, 0.25) is 0 Å². The van der Waals surface area contributed by atoms with E-state index in [0.29, 0.717) is 0 Å². The molecule has 0 radical (unpaired) electrons. The zero-order valence-electron chi connectivity index (χ0n) is 11.6. The van der Waals surface area contributed by atoms with Crippen molar-refractivity contribution >= 4 is 5.69 Å². The quantitative estimate of drug-likeness (QED) is 0.922. The molecule has 1 aliphatic rings. The van der Waals surface area contributed by atoms with Gasteiger partial charge in [0.15, 0.2) is 0 Å². The molecule has 0 saturated heterocycles. The fourth-order valence-electron chi connectivity index (χ4n) is 2.57. The first kappa shape index (κ1) is 13.0. The second-order valence-corrected chi connectivity index (χ2v) is 4.92. The Morgan fingerprint density at radius 1 is 1.15 bits per heavy atom. The highest BCUT2D eigenvalue weighted by Gasteiger charge is 2.19. The summed E-state index contributed by atoms with van der Waals surface area (Å²) in [4.78, 5) is 0. The standard InChI is InChI=1S/C17H19NO2/c1-19-15-8-6-14(7-9-15)18-12-17-16-5-3-2-4-13(16)10-11-20-17/h2-9,17-18H,10-12H2,1H3. The van der Waals surface area contributed by atoms with E-state index in [2.05, 4.69) is 29.6 Å². The monoisotopic (exact) mass is 269 g/mol. The van der Waals surface area contributed by atoms with Crippen LogP contribution in [0.25, 0.3) is 0 Å². The minimum Gasteiger partial charge on any atom is -0.497 e. The van der Waals surface area contributed by atoms with Crippen LogP contribution >= 0.6 is 0 Å². The number of anilines is 1. The van der Waals surface area contributed by atoms with Crippen LogP contribution in [0.1, 0.15) is 17.2 Å². The average molecular weight is 269 g/mol. The molecule has 3 heteroatoms. The first-order chi connectivity index (χ1) is 9.86. The van der Waals surface area contributed by atoms with Crippen molar-refractivity contribution in [3.05, 3.63) is 59.7 Å². The van der Waals surface area contributed by atoms with Crippen molar-refractivity contribution in [3.63, 3.8) is 0 Å². The molecule has 0 saturated carbocycles. The van der Waals surface area contributed by atoms with Crippen LogP contribution in [0.4, 0.5) is 5.69 Å². The predicted octanol–water partition coefficient (Wildman–Crippen LogP) is 3.42. The Bertz CT molecular complexity index is 565. The molecule has 1 heterocycles. The summed E-state index contributed by atoms with van der Waals surface area (Å²) in [5, 5.41) is 3.43. The van der Waals surface area contributed by atoms with Gasteiger partial charge in [-0.3, -0.25) is 0 Å². The van der Waals surface area contributed by atoms with E-state index in [-0.39, 0.29) is 6.10 Å². The summed E-state index contributed by atoms with van der Waals surface area (Å²) in [6, 6.07) is 16.5. The van der Waals surface area contributed by atoms with E-state index in [1.165, 1.54) is 11.1 Å². The van der Waals surface area contributed by atoms with Crippen LogP contribution in [0.2, 0.25) is 0 Å². The molecule has 0 bridgehead atoms. The van der Waals surface area contributed by atoms with Gasteiger partial charge in [-0.25, -0.2) is 0 Å². The summed E-state index contributed by atoms with van der Waals surface area (Å²) in [5.41, 5.74) is 3.79. The fourth-order valence-corrected chi connectivity index (χ4v) is 2.57. The van der Waals surface area contributed by atoms with Crippen molar-refractivity contribution in [1.82, 2.24) is 0 Å². The smallest absolute Gasteiger partial charge is 0.119 e. The van der Waals surface area contributed by atoms with Crippen LogP contribution in [0.15, 0.2) is 48.5 Å². The highest BCUT2D eigenvalue weighted by Crippen LogP contribution is 2.27. The lowest BCUT2D eigenvalue weighted by molar-refractivity contribution is 0.0513. The molecule has 20 heavy (non-hydrogen) atoms. The van der Waals surface area contributed by atoms with Crippen LogP contribution in [0, 0.1) is 0 Å². The van der Waals surface area contributed by atoms with E-state index in [1.54, 1.807) is 7.11 Å². The van der Waals surface area contributed by atoms with Crippen LogP contribution in [0.3, 0.4) is 0 Å². The molecule has 0 spiro atoms. The van der Waals surface area contributed by atoms with Gasteiger partial charge >= 0.3 is 0 Å². The lowest BCUT2D eigenvalue weighted by atomic mass is 9.97. The van der Waals surface area contributed by atoms with Gasteiger partial charge in [0.1, 0.15) is 5.75 Å². The van der Waals surface area contributed by atoms with E-state index in [4.69, 9.17) is 9.47 Å². The van der Waals surface area contributed by atoms with Crippen LogP contribution < -0.4 is 10.1 Å². The summed E-state index contributed by atoms with van der Waals surface area (Å²) in [5.74, 6) is 0.870. The molecule has 1 aliphatic heterocycles. The SMILES string of the molecule is COc1ccc(NCC2OCCc3ccccc32)cc1. The molecule has 1 atom stereocenters. The third-order valence-electron chi connectivity index (χ3n) is 3.67. The summed E-state index contributed by atoms with van der Waals surface area (Å²) >= 11 is 0. The van der Waals surface area contributed by atoms with Gasteiger partial charge in [-0.1, -0.05) is 24.3 Å². The Morgan fingerprint density at radius 2 is 1.95 bits per heavy atom. The van der Waals surface area contributed by atoms with Gasteiger partial charge in [-0.05, 0) is 41.8 Å². The molecule has 2 aromatic carbocycles. The molecule has 0 aliphatic carbocycles. The number of fused-ring (bicyclic) bond motifs is 1. The number of hydrogen-bond donors (Lipinski definition) is 1. The van der Waals surface area contributed by atoms with E-state index in [1.807, 2.05) is 24.3 Å². The van der Waals surface area contributed by atoms with E-state index in [0.717, 1.165) is 31.0 Å². The highest BCUT2D eigenvalue weighted by atomic mass is 16.5. The van der Waals surface area contributed by atoms with Crippen molar-refractivity contribution in [2.75, 3.05) is 25.6 Å². The van der Waals surface area contributed by atoms with Crippen molar-refractivity contribution in [1.29, 1.82) is 0 Å². The number of nitrogens with one attached hydrogen (secondary N) is 1. The normalized spacial score (nSPS) is 17.4. The van der Waals surface area contributed by atoms with E-state index < -0.39 is 0 Å². The van der Waals surface area contributed by atoms with Crippen LogP contribution in [0.5, 0.6) is 5.75 Å². The highest BCUT2D eigenvalue weighted by molar-refractivity contribution is 5.46. The van der Waals surface area contributed by atoms with Crippen molar-refractivity contribution in [3.8, 4) is 5.75 Å². The largest absolute Gasteiger partial charge is 0.497 e. The summed E-state index contributed by atoms with van der Waals surface area (Å²) in [7, 11) is 1.68. The third-order valence-corrected chi connectivity index (χ3v) is 3.67. The Labute approximate surface area is 119 Å².